The van der Waals surface area contributed by atoms with Gasteiger partial charge in [0.2, 0.25) is 5.91 Å². The maximum atomic E-state index is 11.9. The zero-order valence-corrected chi connectivity index (χ0v) is 17.5. The average molecular weight is 380 g/mol. The van der Waals surface area contributed by atoms with Gasteiger partial charge in [-0.2, -0.15) is 0 Å². The quantitative estimate of drug-likeness (QED) is 0.589. The monoisotopic (exact) mass is 379 g/mol. The highest BCUT2D eigenvalue weighted by molar-refractivity contribution is 7.11. The van der Waals surface area contributed by atoms with Crippen LogP contribution in [0.4, 0.5) is 0 Å². The molecule has 1 fully saturated rings. The predicted molar refractivity (Wildman–Crippen MR) is 109 cm³/mol. The molecule has 1 aromatic rings. The van der Waals surface area contributed by atoms with E-state index in [1.165, 1.54) is 24.1 Å². The van der Waals surface area contributed by atoms with E-state index in [2.05, 4.69) is 41.4 Å². The minimum atomic E-state index is 0.00592. The SMILES string of the molecule is Cc1cnc(C(C)CNC(=NCC(=O)N(C)C)NC2CCCCC2C)s1. The van der Waals surface area contributed by atoms with Crippen molar-refractivity contribution in [1.82, 2.24) is 20.5 Å². The molecule has 2 rings (SSSR count). The van der Waals surface area contributed by atoms with E-state index < -0.39 is 0 Å². The summed E-state index contributed by atoms with van der Waals surface area (Å²) in [5.74, 6) is 1.67. The van der Waals surface area contributed by atoms with Crippen LogP contribution in [0.25, 0.3) is 0 Å². The number of carbonyl (C=O) groups excluding carboxylic acids is 1. The molecule has 1 heterocycles. The van der Waals surface area contributed by atoms with Crippen molar-refractivity contribution in [2.75, 3.05) is 27.2 Å². The number of amides is 1. The Bertz CT molecular complexity index is 613. The Morgan fingerprint density at radius 1 is 1.42 bits per heavy atom. The first-order valence-corrected chi connectivity index (χ1v) is 10.4. The highest BCUT2D eigenvalue weighted by atomic mass is 32.1. The highest BCUT2D eigenvalue weighted by Crippen LogP contribution is 2.24. The molecule has 7 heteroatoms. The lowest BCUT2D eigenvalue weighted by molar-refractivity contribution is -0.127. The Hall–Kier alpha value is -1.63. The number of hydrogen-bond acceptors (Lipinski definition) is 4. The number of rotatable bonds is 6. The van der Waals surface area contributed by atoms with Crippen LogP contribution in [0.3, 0.4) is 0 Å². The van der Waals surface area contributed by atoms with Crippen LogP contribution in [0.2, 0.25) is 0 Å². The molecule has 2 N–H and O–H groups in total. The number of nitrogens with zero attached hydrogens (tertiary/aromatic N) is 3. The molecule has 6 nitrogen and oxygen atoms in total. The van der Waals surface area contributed by atoms with Gasteiger partial charge >= 0.3 is 0 Å². The molecule has 1 saturated carbocycles. The normalized spacial score (nSPS) is 22.0. The molecular weight excluding hydrogens is 346 g/mol. The van der Waals surface area contributed by atoms with Crippen molar-refractivity contribution in [2.24, 2.45) is 10.9 Å². The third-order valence-corrected chi connectivity index (χ3v) is 6.09. The number of guanidine groups is 1. The van der Waals surface area contributed by atoms with Gasteiger partial charge in [-0.05, 0) is 25.7 Å². The molecule has 26 heavy (non-hydrogen) atoms. The van der Waals surface area contributed by atoms with Gasteiger partial charge in [-0.3, -0.25) is 4.79 Å². The van der Waals surface area contributed by atoms with Crippen LogP contribution < -0.4 is 10.6 Å². The van der Waals surface area contributed by atoms with Crippen LogP contribution in [-0.2, 0) is 4.79 Å². The zero-order valence-electron chi connectivity index (χ0n) is 16.7. The second-order valence-corrected chi connectivity index (χ2v) is 8.82. The van der Waals surface area contributed by atoms with Crippen LogP contribution in [0.1, 0.15) is 55.3 Å². The molecule has 0 bridgehead atoms. The summed E-state index contributed by atoms with van der Waals surface area (Å²) >= 11 is 1.73. The second-order valence-electron chi connectivity index (χ2n) is 7.56. The summed E-state index contributed by atoms with van der Waals surface area (Å²) in [6, 6.07) is 0.418. The summed E-state index contributed by atoms with van der Waals surface area (Å²) < 4.78 is 0. The fraction of sp³-hybridized carbons (Fsp3) is 0.737. The number of aliphatic imine (C=N–C) groups is 1. The summed E-state index contributed by atoms with van der Waals surface area (Å²) in [6.45, 7) is 7.44. The molecule has 1 aliphatic rings. The number of likely N-dealkylation sites (N-methyl/N-ethyl adjacent to an activating group) is 1. The maximum Gasteiger partial charge on any atom is 0.243 e. The van der Waals surface area contributed by atoms with Gasteiger partial charge in [0.05, 0.1) is 5.01 Å². The van der Waals surface area contributed by atoms with Crippen molar-refractivity contribution in [3.8, 4) is 0 Å². The van der Waals surface area contributed by atoms with Gasteiger partial charge in [0.1, 0.15) is 6.54 Å². The summed E-state index contributed by atoms with van der Waals surface area (Å²) in [5.41, 5.74) is 0. The first kappa shape index (κ1) is 20.7. The van der Waals surface area contributed by atoms with E-state index in [4.69, 9.17) is 0 Å². The largest absolute Gasteiger partial charge is 0.356 e. The first-order chi connectivity index (χ1) is 12.4. The third-order valence-electron chi connectivity index (χ3n) is 4.94. The van der Waals surface area contributed by atoms with Crippen LogP contribution in [-0.4, -0.2) is 55.0 Å². The Morgan fingerprint density at radius 2 is 2.15 bits per heavy atom. The van der Waals surface area contributed by atoms with Gasteiger partial charge in [-0.25, -0.2) is 9.98 Å². The number of hydrogen-bond donors (Lipinski definition) is 2. The number of aryl methyl sites for hydroxylation is 1. The number of carbonyl (C=O) groups is 1. The molecule has 0 spiro atoms. The minimum Gasteiger partial charge on any atom is -0.356 e. The van der Waals surface area contributed by atoms with Gasteiger partial charge in [-0.1, -0.05) is 26.7 Å². The van der Waals surface area contributed by atoms with Crippen LogP contribution >= 0.6 is 11.3 Å². The average Bonchev–Trinajstić information content (AvgIpc) is 3.04. The van der Waals surface area contributed by atoms with E-state index in [-0.39, 0.29) is 12.5 Å². The van der Waals surface area contributed by atoms with Crippen LogP contribution in [0.15, 0.2) is 11.2 Å². The van der Waals surface area contributed by atoms with E-state index in [1.54, 1.807) is 30.3 Å². The fourth-order valence-corrected chi connectivity index (χ4v) is 3.91. The molecule has 0 saturated heterocycles. The van der Waals surface area contributed by atoms with Crippen molar-refractivity contribution in [3.63, 3.8) is 0 Å². The van der Waals surface area contributed by atoms with E-state index >= 15 is 0 Å². The fourth-order valence-electron chi connectivity index (χ4n) is 3.08. The van der Waals surface area contributed by atoms with Gasteiger partial charge in [-0.15, -0.1) is 11.3 Å². The van der Waals surface area contributed by atoms with Crippen LogP contribution in [0.5, 0.6) is 0 Å². The molecular formula is C19H33N5OS. The van der Waals surface area contributed by atoms with Crippen molar-refractivity contribution < 1.29 is 4.79 Å². The van der Waals surface area contributed by atoms with Crippen molar-refractivity contribution in [2.45, 2.75) is 58.4 Å². The van der Waals surface area contributed by atoms with Gasteiger partial charge in [0.25, 0.3) is 0 Å². The number of aromatic nitrogens is 1. The second kappa shape index (κ2) is 9.90. The van der Waals surface area contributed by atoms with Gasteiger partial charge in [0, 0.05) is 43.7 Å². The summed E-state index contributed by atoms with van der Waals surface area (Å²) in [6.07, 6.45) is 6.88. The maximum absolute atomic E-state index is 11.9. The summed E-state index contributed by atoms with van der Waals surface area (Å²) in [7, 11) is 3.52. The Balaban J connectivity index is 1.99. The molecule has 0 aromatic carbocycles. The third kappa shape index (κ3) is 6.27. The predicted octanol–water partition coefficient (Wildman–Crippen LogP) is 2.76. The molecule has 1 aromatic heterocycles. The van der Waals surface area contributed by atoms with Crippen molar-refractivity contribution >= 4 is 23.2 Å². The molecule has 0 aliphatic heterocycles. The van der Waals surface area contributed by atoms with E-state index in [1.807, 2.05) is 6.20 Å². The van der Waals surface area contributed by atoms with Gasteiger partial charge < -0.3 is 15.5 Å². The lowest BCUT2D eigenvalue weighted by Gasteiger charge is -2.31. The zero-order chi connectivity index (χ0) is 19.1. The number of nitrogens with one attached hydrogen (secondary N) is 2. The Labute approximate surface area is 161 Å². The smallest absolute Gasteiger partial charge is 0.243 e. The minimum absolute atomic E-state index is 0.00592. The molecule has 146 valence electrons. The Morgan fingerprint density at radius 3 is 2.77 bits per heavy atom. The standard InChI is InChI=1S/C19H33N5OS/c1-13-8-6-7-9-16(13)23-19(22-12-17(25)24(4)5)21-10-14(2)18-20-11-15(3)26-18/h11,13-14,16H,6-10,12H2,1-5H3,(H2,21,22,23). The molecule has 3 atom stereocenters. The lowest BCUT2D eigenvalue weighted by Crippen LogP contribution is -2.48. The lowest BCUT2D eigenvalue weighted by atomic mass is 9.86. The van der Waals surface area contributed by atoms with E-state index in [9.17, 15) is 4.79 Å². The summed E-state index contributed by atoms with van der Waals surface area (Å²) in [4.78, 5) is 23.7. The molecule has 1 amide bonds. The topological polar surface area (TPSA) is 69.6 Å². The molecule has 0 radical (unpaired) electrons. The first-order valence-electron chi connectivity index (χ1n) is 9.54. The van der Waals surface area contributed by atoms with Crippen molar-refractivity contribution in [3.05, 3.63) is 16.1 Å². The Kier molecular flexibility index (Phi) is 7.87. The number of thiazole rings is 1. The van der Waals surface area contributed by atoms with Gasteiger partial charge in [0.15, 0.2) is 5.96 Å². The van der Waals surface area contributed by atoms with Crippen LogP contribution in [0, 0.1) is 12.8 Å². The summed E-state index contributed by atoms with van der Waals surface area (Å²) in [5, 5.41) is 8.12. The molecule has 1 aliphatic carbocycles. The van der Waals surface area contributed by atoms with E-state index in [0.717, 1.165) is 23.9 Å². The highest BCUT2D eigenvalue weighted by Gasteiger charge is 2.22. The van der Waals surface area contributed by atoms with E-state index in [0.29, 0.717) is 17.9 Å². The van der Waals surface area contributed by atoms with Crippen molar-refractivity contribution in [1.29, 1.82) is 0 Å². The molecule has 3 unspecified atom stereocenters.